The first kappa shape index (κ1) is 15.3. The van der Waals surface area contributed by atoms with Gasteiger partial charge in [0.05, 0.1) is 0 Å². The molecule has 0 aliphatic carbocycles. The van der Waals surface area contributed by atoms with Crippen LogP contribution >= 0.6 is 12.6 Å². The standard InChI is InChI=1S/C13H29NS/c1-8-14(7)12(3,4)9-11(2)10-13(5,6)15/h11,15H,8-10H2,1-7H3/t11-/m0/s1. The van der Waals surface area contributed by atoms with E-state index in [9.17, 15) is 0 Å². The van der Waals surface area contributed by atoms with Crippen LogP contribution in [0.2, 0.25) is 0 Å². The van der Waals surface area contributed by atoms with Crippen LogP contribution in [-0.4, -0.2) is 28.8 Å². The first-order valence-electron chi connectivity index (χ1n) is 6.02. The molecule has 15 heavy (non-hydrogen) atoms. The van der Waals surface area contributed by atoms with E-state index >= 15 is 0 Å². The van der Waals surface area contributed by atoms with E-state index in [-0.39, 0.29) is 4.75 Å². The van der Waals surface area contributed by atoms with Gasteiger partial charge in [-0.3, -0.25) is 0 Å². The van der Waals surface area contributed by atoms with E-state index < -0.39 is 0 Å². The van der Waals surface area contributed by atoms with Gasteiger partial charge in [0.15, 0.2) is 0 Å². The van der Waals surface area contributed by atoms with Crippen LogP contribution in [0.3, 0.4) is 0 Å². The molecule has 2 heteroatoms. The average molecular weight is 231 g/mol. The lowest BCUT2D eigenvalue weighted by Crippen LogP contribution is -2.42. The highest BCUT2D eigenvalue weighted by molar-refractivity contribution is 7.81. The first-order valence-corrected chi connectivity index (χ1v) is 6.47. The summed E-state index contributed by atoms with van der Waals surface area (Å²) >= 11 is 4.60. The van der Waals surface area contributed by atoms with Gasteiger partial charge >= 0.3 is 0 Å². The smallest absolute Gasteiger partial charge is 0.0152 e. The molecule has 0 saturated carbocycles. The van der Waals surface area contributed by atoms with Gasteiger partial charge in [0.25, 0.3) is 0 Å². The molecule has 0 amide bonds. The fraction of sp³-hybridized carbons (Fsp3) is 1.00. The summed E-state index contributed by atoms with van der Waals surface area (Å²) < 4.78 is 0.153. The van der Waals surface area contributed by atoms with Crippen LogP contribution in [0.4, 0.5) is 0 Å². The van der Waals surface area contributed by atoms with E-state index in [1.54, 1.807) is 0 Å². The van der Waals surface area contributed by atoms with Crippen LogP contribution in [0, 0.1) is 5.92 Å². The summed E-state index contributed by atoms with van der Waals surface area (Å²) in [7, 11) is 2.21. The lowest BCUT2D eigenvalue weighted by atomic mass is 9.85. The molecule has 92 valence electrons. The lowest BCUT2D eigenvalue weighted by Gasteiger charge is -2.38. The molecular weight excluding hydrogens is 202 g/mol. The Morgan fingerprint density at radius 3 is 1.93 bits per heavy atom. The van der Waals surface area contributed by atoms with Crippen LogP contribution < -0.4 is 0 Å². The summed E-state index contributed by atoms with van der Waals surface area (Å²) in [6.45, 7) is 14.7. The van der Waals surface area contributed by atoms with Crippen LogP contribution in [0.25, 0.3) is 0 Å². The van der Waals surface area contributed by atoms with Crippen molar-refractivity contribution in [3.05, 3.63) is 0 Å². The fourth-order valence-corrected chi connectivity index (χ4v) is 2.67. The third-order valence-electron chi connectivity index (χ3n) is 3.20. The topological polar surface area (TPSA) is 3.24 Å². The molecule has 0 spiro atoms. The summed E-state index contributed by atoms with van der Waals surface area (Å²) in [5, 5.41) is 0. The van der Waals surface area contributed by atoms with Gasteiger partial charge in [0.2, 0.25) is 0 Å². The van der Waals surface area contributed by atoms with E-state index in [1.807, 2.05) is 0 Å². The van der Waals surface area contributed by atoms with Crippen LogP contribution in [0.1, 0.15) is 54.4 Å². The SMILES string of the molecule is CCN(C)C(C)(C)C[C@H](C)CC(C)(C)S. The molecule has 0 aromatic rings. The first-order chi connectivity index (χ1) is 6.58. The van der Waals surface area contributed by atoms with Crippen molar-refractivity contribution in [3.8, 4) is 0 Å². The highest BCUT2D eigenvalue weighted by atomic mass is 32.1. The van der Waals surface area contributed by atoms with Crippen molar-refractivity contribution in [3.63, 3.8) is 0 Å². The Labute approximate surface area is 102 Å². The maximum absolute atomic E-state index is 4.60. The normalized spacial score (nSPS) is 15.8. The second kappa shape index (κ2) is 5.58. The minimum atomic E-state index is 0.153. The predicted molar refractivity (Wildman–Crippen MR) is 73.8 cm³/mol. The molecule has 0 aliphatic heterocycles. The van der Waals surface area contributed by atoms with E-state index in [1.165, 1.54) is 12.8 Å². The summed E-state index contributed by atoms with van der Waals surface area (Å²) in [5.41, 5.74) is 0.299. The molecule has 0 aromatic heterocycles. The largest absolute Gasteiger partial charge is 0.302 e. The molecule has 0 rings (SSSR count). The Bertz CT molecular complexity index is 181. The molecule has 1 nitrogen and oxygen atoms in total. The Morgan fingerprint density at radius 1 is 1.13 bits per heavy atom. The van der Waals surface area contributed by atoms with E-state index in [2.05, 4.69) is 66.1 Å². The zero-order chi connectivity index (χ0) is 12.3. The maximum Gasteiger partial charge on any atom is 0.0152 e. The van der Waals surface area contributed by atoms with Gasteiger partial charge in [-0.25, -0.2) is 0 Å². The van der Waals surface area contributed by atoms with Gasteiger partial charge in [-0.2, -0.15) is 12.6 Å². The van der Waals surface area contributed by atoms with Crippen molar-refractivity contribution in [1.29, 1.82) is 0 Å². The Kier molecular flexibility index (Phi) is 5.70. The van der Waals surface area contributed by atoms with Gasteiger partial charge in [0.1, 0.15) is 0 Å². The predicted octanol–water partition coefficient (Wildman–Crippen LogP) is 3.84. The monoisotopic (exact) mass is 231 g/mol. The molecule has 0 heterocycles. The van der Waals surface area contributed by atoms with Crippen molar-refractivity contribution < 1.29 is 0 Å². The Hall–Kier alpha value is 0.310. The second-order valence-electron chi connectivity index (χ2n) is 6.15. The average Bonchev–Trinajstić information content (AvgIpc) is 1.97. The van der Waals surface area contributed by atoms with Gasteiger partial charge in [-0.15, -0.1) is 0 Å². The molecule has 1 atom stereocenters. The minimum Gasteiger partial charge on any atom is -0.302 e. The van der Waals surface area contributed by atoms with Gasteiger partial charge in [-0.05, 0) is 46.2 Å². The summed E-state index contributed by atoms with van der Waals surface area (Å²) in [5.74, 6) is 0.724. The highest BCUT2D eigenvalue weighted by Gasteiger charge is 2.27. The molecule has 0 aliphatic rings. The molecule has 0 fully saturated rings. The van der Waals surface area contributed by atoms with Gasteiger partial charge in [-0.1, -0.05) is 27.7 Å². The van der Waals surface area contributed by atoms with E-state index in [0.29, 0.717) is 5.54 Å². The second-order valence-corrected chi connectivity index (χ2v) is 7.36. The van der Waals surface area contributed by atoms with Crippen molar-refractivity contribution in [2.45, 2.75) is 64.7 Å². The molecule has 0 radical (unpaired) electrons. The third kappa shape index (κ3) is 6.47. The summed E-state index contributed by atoms with van der Waals surface area (Å²) in [6.07, 6.45) is 2.42. The highest BCUT2D eigenvalue weighted by Crippen LogP contribution is 2.29. The number of nitrogens with zero attached hydrogens (tertiary/aromatic N) is 1. The summed E-state index contributed by atoms with van der Waals surface area (Å²) in [4.78, 5) is 2.43. The molecule has 0 saturated heterocycles. The van der Waals surface area contributed by atoms with E-state index in [0.717, 1.165) is 12.5 Å². The van der Waals surface area contributed by atoms with Crippen molar-refractivity contribution in [1.82, 2.24) is 4.90 Å². The van der Waals surface area contributed by atoms with Gasteiger partial charge < -0.3 is 4.90 Å². The Morgan fingerprint density at radius 2 is 1.60 bits per heavy atom. The minimum absolute atomic E-state index is 0.153. The lowest BCUT2D eigenvalue weighted by molar-refractivity contribution is 0.130. The zero-order valence-electron chi connectivity index (χ0n) is 11.6. The van der Waals surface area contributed by atoms with Gasteiger partial charge in [0, 0.05) is 10.3 Å². The number of thiol groups is 1. The van der Waals surface area contributed by atoms with Crippen molar-refractivity contribution >= 4 is 12.6 Å². The van der Waals surface area contributed by atoms with Crippen molar-refractivity contribution in [2.75, 3.05) is 13.6 Å². The maximum atomic E-state index is 4.60. The number of rotatable bonds is 6. The van der Waals surface area contributed by atoms with Crippen LogP contribution in [-0.2, 0) is 0 Å². The van der Waals surface area contributed by atoms with Crippen LogP contribution in [0.15, 0.2) is 0 Å². The number of hydrogen-bond acceptors (Lipinski definition) is 2. The van der Waals surface area contributed by atoms with Crippen molar-refractivity contribution in [2.24, 2.45) is 5.92 Å². The molecular formula is C13H29NS. The summed E-state index contributed by atoms with van der Waals surface area (Å²) in [6, 6.07) is 0. The number of hydrogen-bond donors (Lipinski definition) is 1. The quantitative estimate of drug-likeness (QED) is 0.680. The van der Waals surface area contributed by atoms with E-state index in [4.69, 9.17) is 0 Å². The molecule has 0 aromatic carbocycles. The fourth-order valence-electron chi connectivity index (χ4n) is 2.36. The van der Waals surface area contributed by atoms with Crippen LogP contribution in [0.5, 0.6) is 0 Å². The third-order valence-corrected chi connectivity index (χ3v) is 3.39. The molecule has 0 bridgehead atoms. The Balaban J connectivity index is 4.21. The molecule has 0 unspecified atom stereocenters. The molecule has 0 N–H and O–H groups in total. The zero-order valence-corrected chi connectivity index (χ0v) is 12.5.